The number of rotatable bonds is 4. The summed E-state index contributed by atoms with van der Waals surface area (Å²) in [5.41, 5.74) is 0. The minimum Gasteiger partial charge on any atom is -0.461 e. The van der Waals surface area contributed by atoms with Crippen LogP contribution in [0.25, 0.3) is 0 Å². The van der Waals surface area contributed by atoms with Crippen LogP contribution in [0.4, 0.5) is 0 Å². The first-order valence-electron chi connectivity index (χ1n) is 6.48. The number of hydrogen-bond donors (Lipinski definition) is 0. The average Bonchev–Trinajstić information content (AvgIpc) is 2.83. The fourth-order valence-corrected chi connectivity index (χ4v) is 3.08. The van der Waals surface area contributed by atoms with Gasteiger partial charge in [0.25, 0.3) is 0 Å². The van der Waals surface area contributed by atoms with Gasteiger partial charge in [0.05, 0.1) is 12.8 Å². The lowest BCUT2D eigenvalue weighted by molar-refractivity contribution is 0.0487. The quantitative estimate of drug-likeness (QED) is 0.787. The van der Waals surface area contributed by atoms with Gasteiger partial charge in [0.1, 0.15) is 16.0 Å². The van der Waals surface area contributed by atoms with Crippen molar-refractivity contribution in [2.24, 2.45) is 11.8 Å². The van der Waals surface area contributed by atoms with E-state index in [0.29, 0.717) is 23.3 Å². The normalized spacial score (nSPS) is 30.4. The molecule has 1 aliphatic carbocycles. The molecule has 1 saturated heterocycles. The fraction of sp³-hybridized carbons (Fsp3) is 0.692. The smallest absolute Gasteiger partial charge is 0.349 e. The van der Waals surface area contributed by atoms with Crippen molar-refractivity contribution in [3.63, 3.8) is 0 Å². The molecule has 98 valence electrons. The molecular formula is C13H17NO3S. The third-order valence-electron chi connectivity index (χ3n) is 3.63. The van der Waals surface area contributed by atoms with Crippen LogP contribution in [0.2, 0.25) is 0 Å². The van der Waals surface area contributed by atoms with Gasteiger partial charge in [-0.05, 0) is 31.1 Å². The monoisotopic (exact) mass is 267 g/mol. The molecule has 4 nitrogen and oxygen atoms in total. The molecule has 1 aromatic rings. The van der Waals surface area contributed by atoms with Crippen LogP contribution in [0.5, 0.6) is 0 Å². The Hall–Kier alpha value is -0.940. The Bertz CT molecular complexity index is 439. The average molecular weight is 267 g/mol. The molecule has 0 unspecified atom stereocenters. The van der Waals surface area contributed by atoms with E-state index in [9.17, 15) is 4.79 Å². The summed E-state index contributed by atoms with van der Waals surface area (Å²) in [5.74, 6) is 1.04. The van der Waals surface area contributed by atoms with E-state index < -0.39 is 0 Å². The highest BCUT2D eigenvalue weighted by atomic mass is 32.1. The molecule has 3 atom stereocenters. The maximum atomic E-state index is 11.8. The minimum absolute atomic E-state index is 0.0833. The molecule has 2 heterocycles. The summed E-state index contributed by atoms with van der Waals surface area (Å²) in [6, 6.07) is 0. The predicted molar refractivity (Wildman–Crippen MR) is 67.6 cm³/mol. The number of ether oxygens (including phenoxy) is 2. The second kappa shape index (κ2) is 4.97. The lowest BCUT2D eigenvalue weighted by atomic mass is 10.2. The molecule has 0 N–H and O–H groups in total. The molecule has 0 bridgehead atoms. The zero-order valence-electron chi connectivity index (χ0n) is 10.4. The summed E-state index contributed by atoms with van der Waals surface area (Å²) in [4.78, 5) is 16.7. The van der Waals surface area contributed by atoms with Crippen molar-refractivity contribution in [1.29, 1.82) is 0 Å². The Kier molecular flexibility index (Phi) is 3.35. The van der Waals surface area contributed by atoms with E-state index in [1.54, 1.807) is 6.20 Å². The van der Waals surface area contributed by atoms with Gasteiger partial charge in [-0.1, -0.05) is 6.92 Å². The number of aromatic nitrogens is 1. The topological polar surface area (TPSA) is 48.4 Å². The summed E-state index contributed by atoms with van der Waals surface area (Å²) < 4.78 is 10.8. The molecule has 2 fully saturated rings. The van der Waals surface area contributed by atoms with Crippen molar-refractivity contribution in [3.05, 3.63) is 16.1 Å². The lowest BCUT2D eigenvalue weighted by Gasteiger charge is -2.03. The number of carbonyl (C=O) groups excluding carboxylic acids is 1. The van der Waals surface area contributed by atoms with Gasteiger partial charge in [0, 0.05) is 6.61 Å². The molecule has 5 heteroatoms. The van der Waals surface area contributed by atoms with E-state index >= 15 is 0 Å². The van der Waals surface area contributed by atoms with Gasteiger partial charge in [-0.2, -0.15) is 0 Å². The summed E-state index contributed by atoms with van der Waals surface area (Å²) in [6.07, 6.45) is 4.95. The van der Waals surface area contributed by atoms with Gasteiger partial charge in [-0.25, -0.2) is 9.78 Å². The van der Waals surface area contributed by atoms with Crippen LogP contribution < -0.4 is 0 Å². The Morgan fingerprint density at radius 2 is 2.50 bits per heavy atom. The highest BCUT2D eigenvalue weighted by Gasteiger charge is 2.34. The summed E-state index contributed by atoms with van der Waals surface area (Å²) in [7, 11) is 0. The van der Waals surface area contributed by atoms with Gasteiger partial charge in [-0.3, -0.25) is 0 Å². The van der Waals surface area contributed by atoms with E-state index in [1.807, 2.05) is 0 Å². The second-order valence-corrected chi connectivity index (χ2v) is 6.20. The molecular weight excluding hydrogens is 250 g/mol. The van der Waals surface area contributed by atoms with Crippen molar-refractivity contribution >= 4 is 17.3 Å². The molecule has 1 aliphatic heterocycles. The number of esters is 1. The van der Waals surface area contributed by atoms with Crippen molar-refractivity contribution in [2.75, 3.05) is 13.2 Å². The van der Waals surface area contributed by atoms with Crippen LogP contribution >= 0.6 is 11.3 Å². The van der Waals surface area contributed by atoms with Gasteiger partial charge in [0.2, 0.25) is 0 Å². The first kappa shape index (κ1) is 12.1. The number of hydrogen-bond acceptors (Lipinski definition) is 5. The van der Waals surface area contributed by atoms with Gasteiger partial charge in [0.15, 0.2) is 0 Å². The van der Waals surface area contributed by atoms with Gasteiger partial charge < -0.3 is 9.47 Å². The lowest BCUT2D eigenvalue weighted by Crippen LogP contribution is -2.06. The zero-order chi connectivity index (χ0) is 12.5. The first-order chi connectivity index (χ1) is 8.74. The number of thiazole rings is 1. The largest absolute Gasteiger partial charge is 0.461 e. The third kappa shape index (κ3) is 2.57. The van der Waals surface area contributed by atoms with E-state index in [1.165, 1.54) is 17.8 Å². The van der Waals surface area contributed by atoms with E-state index in [0.717, 1.165) is 24.5 Å². The maximum absolute atomic E-state index is 11.8. The van der Waals surface area contributed by atoms with Crippen LogP contribution in [-0.2, 0) is 9.47 Å². The van der Waals surface area contributed by atoms with Crippen LogP contribution in [0.15, 0.2) is 6.20 Å². The highest BCUT2D eigenvalue weighted by molar-refractivity contribution is 7.13. The Balaban J connectivity index is 1.56. The molecule has 0 spiro atoms. The van der Waals surface area contributed by atoms with E-state index in [2.05, 4.69) is 11.9 Å². The first-order valence-corrected chi connectivity index (χ1v) is 7.30. The SMILES string of the molecule is C[C@@H]1C[C@@H]1COC(=O)c1cnc([C@H]2CCCO2)s1. The van der Waals surface area contributed by atoms with E-state index in [4.69, 9.17) is 9.47 Å². The maximum Gasteiger partial charge on any atom is 0.349 e. The number of nitrogens with zero attached hydrogens (tertiary/aromatic N) is 1. The zero-order valence-corrected chi connectivity index (χ0v) is 11.2. The Labute approximate surface area is 110 Å². The molecule has 0 aromatic carbocycles. The Morgan fingerprint density at radius 1 is 1.67 bits per heavy atom. The molecule has 18 heavy (non-hydrogen) atoms. The number of carbonyl (C=O) groups is 1. The molecule has 1 saturated carbocycles. The molecule has 3 rings (SSSR count). The molecule has 0 amide bonds. The fourth-order valence-electron chi connectivity index (χ4n) is 2.19. The van der Waals surface area contributed by atoms with Crippen molar-refractivity contribution in [2.45, 2.75) is 32.3 Å². The van der Waals surface area contributed by atoms with Gasteiger partial charge >= 0.3 is 5.97 Å². The van der Waals surface area contributed by atoms with E-state index in [-0.39, 0.29) is 12.1 Å². The highest BCUT2D eigenvalue weighted by Crippen LogP contribution is 2.38. The van der Waals surface area contributed by atoms with Crippen molar-refractivity contribution in [1.82, 2.24) is 4.98 Å². The Morgan fingerprint density at radius 3 is 3.17 bits per heavy atom. The minimum atomic E-state index is -0.240. The summed E-state index contributed by atoms with van der Waals surface area (Å²) in [6.45, 7) is 3.53. The van der Waals surface area contributed by atoms with Gasteiger partial charge in [-0.15, -0.1) is 11.3 Å². The standard InChI is InChI=1S/C13H17NO3S/c1-8-5-9(8)7-17-13(15)11-6-14-12(18-11)10-3-2-4-16-10/h6,8-10H,2-5,7H2,1H3/t8-,9-,10-/m1/s1. The van der Waals surface area contributed by atoms with Crippen molar-refractivity contribution in [3.8, 4) is 0 Å². The van der Waals surface area contributed by atoms with Crippen LogP contribution in [0.3, 0.4) is 0 Å². The molecule has 0 radical (unpaired) electrons. The third-order valence-corrected chi connectivity index (χ3v) is 4.70. The predicted octanol–water partition coefficient (Wildman–Crippen LogP) is 2.81. The summed E-state index contributed by atoms with van der Waals surface area (Å²) in [5, 5.41) is 0.902. The molecule has 2 aliphatic rings. The second-order valence-electron chi connectivity index (χ2n) is 5.14. The van der Waals surface area contributed by atoms with Crippen LogP contribution in [-0.4, -0.2) is 24.2 Å². The molecule has 1 aromatic heterocycles. The van der Waals surface area contributed by atoms with Crippen LogP contribution in [0, 0.1) is 11.8 Å². The summed E-state index contributed by atoms with van der Waals surface area (Å²) >= 11 is 1.40. The van der Waals surface area contributed by atoms with Crippen molar-refractivity contribution < 1.29 is 14.3 Å². The van der Waals surface area contributed by atoms with Crippen LogP contribution in [0.1, 0.15) is 47.0 Å².